The van der Waals surface area contributed by atoms with Gasteiger partial charge in [-0.2, -0.15) is 0 Å². The largest absolute Gasteiger partial charge is 0.481 e. The molecule has 2 aromatic carbocycles. The van der Waals surface area contributed by atoms with Crippen LogP contribution in [0.2, 0.25) is 0 Å². The second-order valence-electron chi connectivity index (χ2n) is 6.29. The van der Waals surface area contributed by atoms with Crippen molar-refractivity contribution in [2.45, 2.75) is 25.3 Å². The fraction of sp³-hybridized carbons (Fsp3) is 0.190. The van der Waals surface area contributed by atoms with Gasteiger partial charge in [-0.3, -0.25) is 14.6 Å². The second kappa shape index (κ2) is 8.25. The Morgan fingerprint density at radius 2 is 1.81 bits per heavy atom. The molecule has 1 aromatic heterocycles. The second-order valence-corrected chi connectivity index (χ2v) is 6.29. The third-order valence-corrected chi connectivity index (χ3v) is 4.17. The van der Waals surface area contributed by atoms with Crippen LogP contribution in [0.25, 0.3) is 10.8 Å². The van der Waals surface area contributed by atoms with Crippen LogP contribution in [-0.2, 0) is 22.4 Å². The van der Waals surface area contributed by atoms with Crippen molar-refractivity contribution < 1.29 is 14.7 Å². The fourth-order valence-electron chi connectivity index (χ4n) is 3.00. The summed E-state index contributed by atoms with van der Waals surface area (Å²) in [7, 11) is 0. The van der Waals surface area contributed by atoms with Crippen LogP contribution < -0.4 is 5.32 Å². The first-order chi connectivity index (χ1) is 12.6. The number of benzene rings is 2. The van der Waals surface area contributed by atoms with Crippen molar-refractivity contribution in [1.29, 1.82) is 0 Å². The van der Waals surface area contributed by atoms with Gasteiger partial charge < -0.3 is 10.4 Å². The summed E-state index contributed by atoms with van der Waals surface area (Å²) in [5.74, 6) is -1.12. The highest BCUT2D eigenvalue weighted by Crippen LogP contribution is 2.16. The van der Waals surface area contributed by atoms with Gasteiger partial charge >= 0.3 is 5.97 Å². The van der Waals surface area contributed by atoms with Gasteiger partial charge in [0.1, 0.15) is 0 Å². The number of carbonyl (C=O) groups is 2. The van der Waals surface area contributed by atoms with Crippen LogP contribution in [0, 0.1) is 0 Å². The number of aliphatic carboxylic acids is 1. The van der Waals surface area contributed by atoms with Gasteiger partial charge in [-0.05, 0) is 34.4 Å². The highest BCUT2D eigenvalue weighted by atomic mass is 16.4. The molecule has 3 rings (SSSR count). The Hall–Kier alpha value is -3.21. The molecular weight excluding hydrogens is 328 g/mol. The fourth-order valence-corrected chi connectivity index (χ4v) is 3.00. The predicted molar refractivity (Wildman–Crippen MR) is 99.8 cm³/mol. The Bertz CT molecular complexity index is 909. The summed E-state index contributed by atoms with van der Waals surface area (Å²) >= 11 is 0. The number of carbonyl (C=O) groups excluding carboxylic acids is 1. The average molecular weight is 348 g/mol. The maximum absolute atomic E-state index is 12.4. The maximum atomic E-state index is 12.4. The summed E-state index contributed by atoms with van der Waals surface area (Å²) < 4.78 is 0. The van der Waals surface area contributed by atoms with E-state index < -0.39 is 12.0 Å². The Morgan fingerprint density at radius 3 is 2.54 bits per heavy atom. The summed E-state index contributed by atoms with van der Waals surface area (Å²) in [5.41, 5.74) is 1.79. The number of aromatic nitrogens is 1. The molecule has 0 radical (unpaired) electrons. The van der Waals surface area contributed by atoms with E-state index in [-0.39, 0.29) is 18.7 Å². The molecule has 0 aliphatic heterocycles. The number of nitrogens with zero attached hydrogens (tertiary/aromatic N) is 1. The smallest absolute Gasteiger partial charge is 0.305 e. The van der Waals surface area contributed by atoms with Crippen LogP contribution in [0.5, 0.6) is 0 Å². The van der Waals surface area contributed by atoms with Crippen LogP contribution in [0.1, 0.15) is 17.5 Å². The molecule has 5 nitrogen and oxygen atoms in total. The summed E-state index contributed by atoms with van der Waals surface area (Å²) in [4.78, 5) is 27.6. The number of amides is 1. The Kier molecular flexibility index (Phi) is 5.59. The van der Waals surface area contributed by atoms with Gasteiger partial charge in [0.25, 0.3) is 0 Å². The van der Waals surface area contributed by atoms with Crippen molar-refractivity contribution in [3.8, 4) is 0 Å². The standard InChI is InChI=1S/C21H20N2O3/c24-20(12-15-7-8-17-5-1-2-6-18(17)10-15)23-19(13-21(25)26)11-16-4-3-9-22-14-16/h1-10,14,19H,11-13H2,(H,23,24)(H,25,26)/t19-/m0/s1. The van der Waals surface area contributed by atoms with E-state index in [1.165, 1.54) is 0 Å². The molecule has 0 saturated heterocycles. The molecule has 0 fully saturated rings. The molecule has 1 amide bonds. The van der Waals surface area contributed by atoms with Crippen LogP contribution in [-0.4, -0.2) is 28.0 Å². The SMILES string of the molecule is O=C(O)C[C@H](Cc1cccnc1)NC(=O)Cc1ccc2ccccc2c1. The predicted octanol–water partition coefficient (Wildman–Crippen LogP) is 2.98. The van der Waals surface area contributed by atoms with E-state index in [1.807, 2.05) is 48.5 Å². The zero-order valence-corrected chi connectivity index (χ0v) is 14.3. The van der Waals surface area contributed by atoms with Gasteiger partial charge in [0.2, 0.25) is 5.91 Å². The van der Waals surface area contributed by atoms with E-state index in [0.717, 1.165) is 21.9 Å². The molecule has 3 aromatic rings. The number of nitrogens with one attached hydrogen (secondary N) is 1. The molecule has 0 aliphatic carbocycles. The molecule has 2 N–H and O–H groups in total. The van der Waals surface area contributed by atoms with Gasteiger partial charge in [0.15, 0.2) is 0 Å². The Balaban J connectivity index is 1.67. The summed E-state index contributed by atoms with van der Waals surface area (Å²) in [6.07, 6.45) is 3.87. The number of pyridine rings is 1. The summed E-state index contributed by atoms with van der Waals surface area (Å²) in [6.45, 7) is 0. The molecule has 26 heavy (non-hydrogen) atoms. The first kappa shape index (κ1) is 17.6. The zero-order chi connectivity index (χ0) is 18.4. The van der Waals surface area contributed by atoms with E-state index in [4.69, 9.17) is 5.11 Å². The highest BCUT2D eigenvalue weighted by Gasteiger charge is 2.17. The quantitative estimate of drug-likeness (QED) is 0.688. The van der Waals surface area contributed by atoms with Crippen molar-refractivity contribution >= 4 is 22.6 Å². The zero-order valence-electron chi connectivity index (χ0n) is 14.3. The maximum Gasteiger partial charge on any atom is 0.305 e. The Labute approximate surface area is 151 Å². The lowest BCUT2D eigenvalue weighted by Crippen LogP contribution is -2.39. The molecule has 0 unspecified atom stereocenters. The highest BCUT2D eigenvalue weighted by molar-refractivity contribution is 5.85. The minimum absolute atomic E-state index is 0.127. The Morgan fingerprint density at radius 1 is 1.00 bits per heavy atom. The molecule has 1 heterocycles. The van der Waals surface area contributed by atoms with Gasteiger partial charge in [0, 0.05) is 18.4 Å². The van der Waals surface area contributed by atoms with Crippen molar-refractivity contribution in [2.24, 2.45) is 0 Å². The van der Waals surface area contributed by atoms with Crippen LogP contribution in [0.4, 0.5) is 0 Å². The van der Waals surface area contributed by atoms with Crippen molar-refractivity contribution in [2.75, 3.05) is 0 Å². The lowest BCUT2D eigenvalue weighted by atomic mass is 10.0. The third-order valence-electron chi connectivity index (χ3n) is 4.17. The van der Waals surface area contributed by atoms with Gasteiger partial charge in [0.05, 0.1) is 12.8 Å². The first-order valence-electron chi connectivity index (χ1n) is 8.48. The number of rotatable bonds is 7. The van der Waals surface area contributed by atoms with Gasteiger partial charge in [-0.15, -0.1) is 0 Å². The van der Waals surface area contributed by atoms with Crippen LogP contribution in [0.3, 0.4) is 0 Å². The van der Waals surface area contributed by atoms with Crippen molar-refractivity contribution in [1.82, 2.24) is 10.3 Å². The third kappa shape index (κ3) is 4.89. The lowest BCUT2D eigenvalue weighted by molar-refractivity contribution is -0.137. The average Bonchev–Trinajstić information content (AvgIpc) is 2.62. The van der Waals surface area contributed by atoms with E-state index in [1.54, 1.807) is 18.5 Å². The molecule has 1 atom stereocenters. The number of carboxylic acids is 1. The molecular formula is C21H20N2O3. The summed E-state index contributed by atoms with van der Waals surface area (Å²) in [5, 5.41) is 14.2. The monoisotopic (exact) mass is 348 g/mol. The first-order valence-corrected chi connectivity index (χ1v) is 8.48. The van der Waals surface area contributed by atoms with Crippen LogP contribution >= 0.6 is 0 Å². The van der Waals surface area contributed by atoms with Gasteiger partial charge in [-0.25, -0.2) is 0 Å². The van der Waals surface area contributed by atoms with E-state index >= 15 is 0 Å². The number of hydrogen-bond acceptors (Lipinski definition) is 3. The molecule has 0 saturated carbocycles. The molecule has 0 bridgehead atoms. The van der Waals surface area contributed by atoms with Crippen molar-refractivity contribution in [3.63, 3.8) is 0 Å². The number of carboxylic acid groups (broad SMARTS) is 1. The molecule has 0 aliphatic rings. The minimum Gasteiger partial charge on any atom is -0.481 e. The van der Waals surface area contributed by atoms with Crippen LogP contribution in [0.15, 0.2) is 67.0 Å². The normalized spacial score (nSPS) is 11.8. The lowest BCUT2D eigenvalue weighted by Gasteiger charge is -2.17. The topological polar surface area (TPSA) is 79.3 Å². The molecule has 132 valence electrons. The van der Waals surface area contributed by atoms with E-state index in [9.17, 15) is 9.59 Å². The van der Waals surface area contributed by atoms with E-state index in [2.05, 4.69) is 10.3 Å². The van der Waals surface area contributed by atoms with Gasteiger partial charge in [-0.1, -0.05) is 48.5 Å². The molecule has 5 heteroatoms. The van der Waals surface area contributed by atoms with Crippen molar-refractivity contribution in [3.05, 3.63) is 78.1 Å². The molecule has 0 spiro atoms. The minimum atomic E-state index is -0.940. The number of hydrogen-bond donors (Lipinski definition) is 2. The summed E-state index contributed by atoms with van der Waals surface area (Å²) in [6, 6.07) is 17.1. The van der Waals surface area contributed by atoms with E-state index in [0.29, 0.717) is 6.42 Å². The number of fused-ring (bicyclic) bond motifs is 1.